The van der Waals surface area contributed by atoms with Crippen LogP contribution in [0.25, 0.3) is 22.8 Å². The van der Waals surface area contributed by atoms with Gasteiger partial charge in [0, 0.05) is 17.8 Å². The fourth-order valence-corrected chi connectivity index (χ4v) is 2.65. The van der Waals surface area contributed by atoms with Gasteiger partial charge in [-0.05, 0) is 12.1 Å². The third kappa shape index (κ3) is 3.48. The second-order valence-electron chi connectivity index (χ2n) is 5.77. The molecule has 8 heteroatoms. The van der Waals surface area contributed by atoms with E-state index in [1.165, 1.54) is 6.33 Å². The molecular formula is C20H17N5O3. The molecule has 0 saturated carbocycles. The van der Waals surface area contributed by atoms with Crippen LogP contribution in [0.5, 0.6) is 11.5 Å². The number of nitrogens with zero attached hydrogens (tertiary/aromatic N) is 4. The predicted molar refractivity (Wildman–Crippen MR) is 104 cm³/mol. The van der Waals surface area contributed by atoms with Gasteiger partial charge in [-0.15, -0.1) is 0 Å². The largest absolute Gasteiger partial charge is 0.497 e. The molecule has 4 aromatic rings. The van der Waals surface area contributed by atoms with Gasteiger partial charge in [0.2, 0.25) is 5.82 Å². The highest BCUT2D eigenvalue weighted by Crippen LogP contribution is 2.34. The first-order valence-corrected chi connectivity index (χ1v) is 8.47. The van der Waals surface area contributed by atoms with E-state index in [4.69, 9.17) is 14.0 Å². The van der Waals surface area contributed by atoms with Crippen LogP contribution in [-0.2, 0) is 0 Å². The molecule has 0 fully saturated rings. The van der Waals surface area contributed by atoms with Gasteiger partial charge < -0.3 is 19.3 Å². The molecule has 0 aliphatic rings. The first kappa shape index (κ1) is 17.5. The monoisotopic (exact) mass is 375 g/mol. The van der Waals surface area contributed by atoms with Crippen molar-refractivity contribution >= 4 is 11.5 Å². The maximum absolute atomic E-state index is 5.44. The quantitative estimate of drug-likeness (QED) is 0.541. The molecule has 0 saturated heterocycles. The molecule has 140 valence electrons. The lowest BCUT2D eigenvalue weighted by Gasteiger charge is -2.13. The highest BCUT2D eigenvalue weighted by Gasteiger charge is 2.17. The van der Waals surface area contributed by atoms with Crippen molar-refractivity contribution in [2.75, 3.05) is 19.5 Å². The summed E-state index contributed by atoms with van der Waals surface area (Å²) in [6.07, 6.45) is 3.06. The van der Waals surface area contributed by atoms with E-state index < -0.39 is 0 Å². The Morgan fingerprint density at radius 3 is 2.64 bits per heavy atom. The number of methoxy groups -OCH3 is 2. The minimum absolute atomic E-state index is 0.314. The van der Waals surface area contributed by atoms with E-state index in [0.717, 1.165) is 5.56 Å². The fraction of sp³-hybridized carbons (Fsp3) is 0.100. The van der Waals surface area contributed by atoms with Crippen LogP contribution in [0, 0.1) is 0 Å². The highest BCUT2D eigenvalue weighted by atomic mass is 16.5. The van der Waals surface area contributed by atoms with Crippen molar-refractivity contribution in [1.29, 1.82) is 0 Å². The number of hydrogen-bond acceptors (Lipinski definition) is 8. The molecule has 28 heavy (non-hydrogen) atoms. The molecule has 2 heterocycles. The zero-order valence-electron chi connectivity index (χ0n) is 15.3. The molecule has 0 unspecified atom stereocenters. The molecule has 0 aliphatic carbocycles. The van der Waals surface area contributed by atoms with Gasteiger partial charge in [0.1, 0.15) is 29.2 Å². The SMILES string of the molecule is COc1ccc(Nc2ncncc2-c2nc(-c3ccccc3)no2)c(OC)c1. The minimum Gasteiger partial charge on any atom is -0.497 e. The molecule has 0 spiro atoms. The smallest absolute Gasteiger partial charge is 0.263 e. The summed E-state index contributed by atoms with van der Waals surface area (Å²) in [6, 6.07) is 15.0. The van der Waals surface area contributed by atoms with Crippen molar-refractivity contribution in [3.8, 4) is 34.3 Å². The van der Waals surface area contributed by atoms with Gasteiger partial charge in [0.05, 0.1) is 19.9 Å². The van der Waals surface area contributed by atoms with Crippen LogP contribution in [0.1, 0.15) is 0 Å². The van der Waals surface area contributed by atoms with Crippen molar-refractivity contribution in [3.63, 3.8) is 0 Å². The Balaban J connectivity index is 1.68. The standard InChI is InChI=1S/C20H17N5O3/c1-26-14-8-9-16(17(10-14)27-2)23-19-15(11-21-12-22-19)20-24-18(25-28-20)13-6-4-3-5-7-13/h3-12H,1-2H3,(H,21,22,23). The van der Waals surface area contributed by atoms with Crippen LogP contribution in [0.15, 0.2) is 65.6 Å². The zero-order valence-corrected chi connectivity index (χ0v) is 15.3. The number of benzene rings is 2. The van der Waals surface area contributed by atoms with Crippen molar-refractivity contribution in [1.82, 2.24) is 20.1 Å². The fourth-order valence-electron chi connectivity index (χ4n) is 2.65. The summed E-state index contributed by atoms with van der Waals surface area (Å²) in [7, 11) is 3.19. The van der Waals surface area contributed by atoms with Gasteiger partial charge >= 0.3 is 0 Å². The number of aromatic nitrogens is 4. The van der Waals surface area contributed by atoms with E-state index in [2.05, 4.69) is 25.4 Å². The summed E-state index contributed by atoms with van der Waals surface area (Å²) < 4.78 is 16.1. The number of rotatable bonds is 6. The third-order valence-corrected chi connectivity index (χ3v) is 4.06. The minimum atomic E-state index is 0.314. The topological polar surface area (TPSA) is 95.2 Å². The first-order chi connectivity index (χ1) is 13.8. The molecule has 4 rings (SSSR count). The molecule has 0 atom stereocenters. The summed E-state index contributed by atoms with van der Waals surface area (Å²) in [5.41, 5.74) is 2.15. The Morgan fingerprint density at radius 2 is 1.86 bits per heavy atom. The van der Waals surface area contributed by atoms with E-state index in [1.807, 2.05) is 42.5 Å². The average Bonchev–Trinajstić information content (AvgIpc) is 3.25. The Bertz CT molecular complexity index is 1080. The Hall–Kier alpha value is -3.94. The number of nitrogens with one attached hydrogen (secondary N) is 1. The van der Waals surface area contributed by atoms with Crippen molar-refractivity contribution in [3.05, 3.63) is 61.1 Å². The Morgan fingerprint density at radius 1 is 1.00 bits per heavy atom. The van der Waals surface area contributed by atoms with E-state index in [1.54, 1.807) is 26.5 Å². The molecule has 0 radical (unpaired) electrons. The van der Waals surface area contributed by atoms with Crippen LogP contribution in [0.3, 0.4) is 0 Å². The molecular weight excluding hydrogens is 358 g/mol. The maximum Gasteiger partial charge on any atom is 0.263 e. The molecule has 2 aromatic heterocycles. The van der Waals surface area contributed by atoms with Crippen LogP contribution in [0.2, 0.25) is 0 Å². The van der Waals surface area contributed by atoms with Crippen LogP contribution in [0.4, 0.5) is 11.5 Å². The summed E-state index contributed by atoms with van der Waals surface area (Å²) in [5.74, 6) is 2.62. The van der Waals surface area contributed by atoms with Gasteiger partial charge in [-0.25, -0.2) is 9.97 Å². The van der Waals surface area contributed by atoms with E-state index >= 15 is 0 Å². The van der Waals surface area contributed by atoms with Crippen LogP contribution >= 0.6 is 0 Å². The second kappa shape index (κ2) is 7.75. The molecule has 0 aliphatic heterocycles. The van der Waals surface area contributed by atoms with Crippen molar-refractivity contribution < 1.29 is 14.0 Å². The summed E-state index contributed by atoms with van der Waals surface area (Å²) in [6.45, 7) is 0. The third-order valence-electron chi connectivity index (χ3n) is 4.06. The number of anilines is 2. The van der Waals surface area contributed by atoms with Crippen molar-refractivity contribution in [2.24, 2.45) is 0 Å². The molecule has 0 bridgehead atoms. The Labute approximate surface area is 161 Å². The van der Waals surface area contributed by atoms with Gasteiger partial charge in [0.15, 0.2) is 0 Å². The zero-order chi connectivity index (χ0) is 19.3. The van der Waals surface area contributed by atoms with Crippen LogP contribution < -0.4 is 14.8 Å². The molecule has 1 N–H and O–H groups in total. The van der Waals surface area contributed by atoms with Gasteiger partial charge in [-0.3, -0.25) is 0 Å². The molecule has 2 aromatic carbocycles. The number of ether oxygens (including phenoxy) is 2. The second-order valence-corrected chi connectivity index (χ2v) is 5.77. The van der Waals surface area contributed by atoms with Crippen LogP contribution in [-0.4, -0.2) is 34.3 Å². The van der Waals surface area contributed by atoms with Gasteiger partial charge in [-0.2, -0.15) is 4.98 Å². The normalized spacial score (nSPS) is 10.5. The van der Waals surface area contributed by atoms with Crippen molar-refractivity contribution in [2.45, 2.75) is 0 Å². The highest BCUT2D eigenvalue weighted by molar-refractivity contribution is 5.76. The summed E-state index contributed by atoms with van der Waals surface area (Å²) in [4.78, 5) is 12.9. The lowest BCUT2D eigenvalue weighted by Crippen LogP contribution is -2.00. The summed E-state index contributed by atoms with van der Waals surface area (Å²) in [5, 5.41) is 7.29. The first-order valence-electron chi connectivity index (χ1n) is 8.47. The average molecular weight is 375 g/mol. The van der Waals surface area contributed by atoms with E-state index in [-0.39, 0.29) is 0 Å². The predicted octanol–water partition coefficient (Wildman–Crippen LogP) is 3.95. The molecule has 0 amide bonds. The lowest BCUT2D eigenvalue weighted by molar-refractivity contribution is 0.395. The van der Waals surface area contributed by atoms with Gasteiger partial charge in [0.25, 0.3) is 5.89 Å². The molecule has 8 nitrogen and oxygen atoms in total. The lowest BCUT2D eigenvalue weighted by atomic mass is 10.2. The van der Waals surface area contributed by atoms with Gasteiger partial charge in [-0.1, -0.05) is 35.5 Å². The van der Waals surface area contributed by atoms with E-state index in [0.29, 0.717) is 40.3 Å². The van der Waals surface area contributed by atoms with E-state index in [9.17, 15) is 0 Å². The summed E-state index contributed by atoms with van der Waals surface area (Å²) >= 11 is 0. The number of hydrogen-bond donors (Lipinski definition) is 1. The maximum atomic E-state index is 5.44. The Kier molecular flexibility index (Phi) is 4.83.